The van der Waals surface area contributed by atoms with Gasteiger partial charge in [-0.3, -0.25) is 9.69 Å². The van der Waals surface area contributed by atoms with E-state index in [9.17, 15) is 4.79 Å². The third kappa shape index (κ3) is 4.91. The van der Waals surface area contributed by atoms with Gasteiger partial charge in [0, 0.05) is 37.9 Å². The number of amides is 1. The van der Waals surface area contributed by atoms with Crippen LogP contribution in [0.1, 0.15) is 37.7 Å². The maximum atomic E-state index is 12.6. The molecule has 0 bridgehead atoms. The molecule has 36 heavy (non-hydrogen) atoms. The van der Waals surface area contributed by atoms with Crippen LogP contribution < -0.4 is 21.3 Å². The standard InChI is InChI=1S/C27H32ClN7O/c28-22-19-21(35-26(30)31-25(29)32-27(35)13-5-2-6-14-27)10-11-23(22)33-15-17-34(18-16-33)24(36)12-9-20-7-3-1-4-8-20/h1,3-4,7-12,19H,2,5-6,13-18H2,(H4,29,30,31,32). The van der Waals surface area contributed by atoms with Crippen LogP contribution in [0.4, 0.5) is 11.4 Å². The molecule has 4 N–H and O–H groups in total. The summed E-state index contributed by atoms with van der Waals surface area (Å²) in [5, 5.41) is 0.637. The van der Waals surface area contributed by atoms with Crippen LogP contribution in [0.3, 0.4) is 0 Å². The molecule has 2 aromatic rings. The lowest BCUT2D eigenvalue weighted by atomic mass is 9.87. The number of rotatable bonds is 4. The summed E-state index contributed by atoms with van der Waals surface area (Å²) in [6.45, 7) is 2.70. The molecule has 0 aromatic heterocycles. The van der Waals surface area contributed by atoms with Crippen LogP contribution in [0.2, 0.25) is 5.02 Å². The summed E-state index contributed by atoms with van der Waals surface area (Å²) in [4.78, 5) is 27.7. The summed E-state index contributed by atoms with van der Waals surface area (Å²) < 4.78 is 0. The summed E-state index contributed by atoms with van der Waals surface area (Å²) in [5.41, 5.74) is 14.7. The summed E-state index contributed by atoms with van der Waals surface area (Å²) in [5.74, 6) is 0.612. The fourth-order valence-corrected chi connectivity index (χ4v) is 5.69. The summed E-state index contributed by atoms with van der Waals surface area (Å²) in [6.07, 6.45) is 8.56. The maximum Gasteiger partial charge on any atom is 0.246 e. The van der Waals surface area contributed by atoms with Crippen molar-refractivity contribution in [2.75, 3.05) is 36.0 Å². The third-order valence-corrected chi connectivity index (χ3v) is 7.49. The molecule has 2 aliphatic heterocycles. The smallest absolute Gasteiger partial charge is 0.246 e. The van der Waals surface area contributed by atoms with Crippen molar-refractivity contribution in [3.05, 3.63) is 65.2 Å². The van der Waals surface area contributed by atoms with Crippen LogP contribution in [0, 0.1) is 0 Å². The van der Waals surface area contributed by atoms with Crippen LogP contribution in [0.5, 0.6) is 0 Å². The van der Waals surface area contributed by atoms with Crippen LogP contribution >= 0.6 is 11.6 Å². The van der Waals surface area contributed by atoms with Crippen molar-refractivity contribution < 1.29 is 4.79 Å². The summed E-state index contributed by atoms with van der Waals surface area (Å²) in [7, 11) is 0. The average Bonchev–Trinajstić information content (AvgIpc) is 2.88. The van der Waals surface area contributed by atoms with Gasteiger partial charge in [0.15, 0.2) is 0 Å². The van der Waals surface area contributed by atoms with Crippen LogP contribution in [-0.4, -0.2) is 54.6 Å². The first-order valence-electron chi connectivity index (χ1n) is 12.5. The predicted molar refractivity (Wildman–Crippen MR) is 147 cm³/mol. The van der Waals surface area contributed by atoms with Gasteiger partial charge < -0.3 is 21.3 Å². The molecule has 0 unspecified atom stereocenters. The lowest BCUT2D eigenvalue weighted by molar-refractivity contribution is -0.126. The molecule has 0 radical (unpaired) electrons. The first kappa shape index (κ1) is 24.2. The third-order valence-electron chi connectivity index (χ3n) is 7.19. The van der Waals surface area contributed by atoms with E-state index in [1.165, 1.54) is 6.42 Å². The molecule has 5 rings (SSSR count). The van der Waals surface area contributed by atoms with Gasteiger partial charge in [-0.1, -0.05) is 48.4 Å². The monoisotopic (exact) mass is 505 g/mol. The number of benzene rings is 2. The van der Waals surface area contributed by atoms with Crippen molar-refractivity contribution in [2.45, 2.75) is 37.8 Å². The minimum absolute atomic E-state index is 0.0254. The Balaban J connectivity index is 1.27. The number of anilines is 2. The van der Waals surface area contributed by atoms with E-state index in [2.05, 4.69) is 9.89 Å². The van der Waals surface area contributed by atoms with Crippen LogP contribution in [0.15, 0.2) is 64.6 Å². The SMILES string of the molecule is NC1=NC2(CCCCC2)N(c2ccc(N3CCN(C(=O)C=Cc4ccccc4)CC3)c(Cl)c2)C(N)=N1. The Hall–Kier alpha value is -3.52. The number of halogens is 1. The highest BCUT2D eigenvalue weighted by molar-refractivity contribution is 6.33. The number of carbonyl (C=O) groups is 1. The minimum atomic E-state index is -0.502. The van der Waals surface area contributed by atoms with Gasteiger partial charge in [0.25, 0.3) is 0 Å². The number of aliphatic imine (C=N–C) groups is 2. The zero-order chi connectivity index (χ0) is 25.1. The Morgan fingerprint density at radius 2 is 1.69 bits per heavy atom. The first-order chi connectivity index (χ1) is 17.4. The molecule has 2 fully saturated rings. The molecular weight excluding hydrogens is 474 g/mol. The first-order valence-corrected chi connectivity index (χ1v) is 12.9. The van der Waals surface area contributed by atoms with E-state index in [0.717, 1.165) is 42.6 Å². The van der Waals surface area contributed by atoms with E-state index in [1.807, 2.05) is 64.4 Å². The highest BCUT2D eigenvalue weighted by atomic mass is 35.5. The second kappa shape index (κ2) is 10.2. The van der Waals surface area contributed by atoms with E-state index in [0.29, 0.717) is 37.2 Å². The number of nitrogens with zero attached hydrogens (tertiary/aromatic N) is 5. The molecule has 188 valence electrons. The summed E-state index contributed by atoms with van der Waals surface area (Å²) >= 11 is 6.80. The number of hydrogen-bond acceptors (Lipinski definition) is 7. The minimum Gasteiger partial charge on any atom is -0.369 e. The molecule has 1 spiro atoms. The lowest BCUT2D eigenvalue weighted by Crippen LogP contribution is -2.58. The van der Waals surface area contributed by atoms with Crippen LogP contribution in [0.25, 0.3) is 6.08 Å². The van der Waals surface area contributed by atoms with Crippen molar-refractivity contribution in [3.63, 3.8) is 0 Å². The van der Waals surface area contributed by atoms with E-state index in [1.54, 1.807) is 6.08 Å². The molecule has 0 atom stereocenters. The van der Waals surface area contributed by atoms with E-state index < -0.39 is 5.66 Å². The topological polar surface area (TPSA) is 104 Å². The highest BCUT2D eigenvalue weighted by Crippen LogP contribution is 2.41. The molecule has 1 saturated heterocycles. The van der Waals surface area contributed by atoms with Crippen molar-refractivity contribution >= 4 is 46.9 Å². The van der Waals surface area contributed by atoms with Gasteiger partial charge in [0.1, 0.15) is 5.66 Å². The number of nitrogens with two attached hydrogens (primary N) is 2. The molecule has 2 heterocycles. The number of carbonyl (C=O) groups excluding carboxylic acids is 1. The number of guanidine groups is 2. The summed E-state index contributed by atoms with van der Waals surface area (Å²) in [6, 6.07) is 15.8. The second-order valence-corrected chi connectivity index (χ2v) is 9.92. The zero-order valence-corrected chi connectivity index (χ0v) is 21.1. The van der Waals surface area contributed by atoms with E-state index >= 15 is 0 Å². The fraction of sp³-hybridized carbons (Fsp3) is 0.370. The van der Waals surface area contributed by atoms with E-state index in [4.69, 9.17) is 28.1 Å². The Bertz CT molecular complexity index is 1200. The van der Waals surface area contributed by atoms with Gasteiger partial charge in [-0.25, -0.2) is 4.99 Å². The van der Waals surface area contributed by atoms with Gasteiger partial charge >= 0.3 is 0 Å². The van der Waals surface area contributed by atoms with Gasteiger partial charge in [-0.2, -0.15) is 4.99 Å². The molecule has 8 nitrogen and oxygen atoms in total. The van der Waals surface area contributed by atoms with Crippen molar-refractivity contribution in [2.24, 2.45) is 21.5 Å². The van der Waals surface area contributed by atoms with Crippen molar-refractivity contribution in [3.8, 4) is 0 Å². The lowest BCUT2D eigenvalue weighted by Gasteiger charge is -2.45. The number of hydrogen-bond donors (Lipinski definition) is 2. The molecule has 1 saturated carbocycles. The molecule has 2 aromatic carbocycles. The second-order valence-electron chi connectivity index (χ2n) is 9.51. The maximum absolute atomic E-state index is 12.6. The van der Waals surface area contributed by atoms with Crippen molar-refractivity contribution in [1.82, 2.24) is 4.90 Å². The molecular formula is C27H32ClN7O. The molecule has 9 heteroatoms. The fourth-order valence-electron chi connectivity index (χ4n) is 5.39. The van der Waals surface area contributed by atoms with Gasteiger partial charge in [-0.15, -0.1) is 0 Å². The Labute approximate surface area is 216 Å². The van der Waals surface area contributed by atoms with E-state index in [-0.39, 0.29) is 11.9 Å². The van der Waals surface area contributed by atoms with Crippen LogP contribution in [-0.2, 0) is 4.79 Å². The largest absolute Gasteiger partial charge is 0.369 e. The van der Waals surface area contributed by atoms with Gasteiger partial charge in [-0.05, 0) is 55.5 Å². The Morgan fingerprint density at radius 1 is 0.972 bits per heavy atom. The quantitative estimate of drug-likeness (QED) is 0.615. The molecule has 3 aliphatic rings. The van der Waals surface area contributed by atoms with Gasteiger partial charge in [0.05, 0.1) is 10.7 Å². The number of piperazine rings is 1. The van der Waals surface area contributed by atoms with Gasteiger partial charge in [0.2, 0.25) is 17.8 Å². The predicted octanol–water partition coefficient (Wildman–Crippen LogP) is 3.81. The Kier molecular flexibility index (Phi) is 6.87. The molecule has 1 amide bonds. The Morgan fingerprint density at radius 3 is 2.39 bits per heavy atom. The molecule has 1 aliphatic carbocycles. The highest BCUT2D eigenvalue weighted by Gasteiger charge is 2.42. The average molecular weight is 506 g/mol. The van der Waals surface area contributed by atoms with Crippen molar-refractivity contribution in [1.29, 1.82) is 0 Å². The zero-order valence-electron chi connectivity index (χ0n) is 20.3. The normalized spacial score (nSPS) is 20.0.